The quantitative estimate of drug-likeness (QED) is 0.430. The number of amides is 2. The maximum atomic E-state index is 13.2. The number of pyridine rings is 2. The molecule has 0 radical (unpaired) electrons. The summed E-state index contributed by atoms with van der Waals surface area (Å²) >= 11 is 0. The van der Waals surface area contributed by atoms with E-state index in [1.165, 1.54) is 0 Å². The molecular formula is C25H24N6O2. The number of hydrogen-bond acceptors (Lipinski definition) is 5. The summed E-state index contributed by atoms with van der Waals surface area (Å²) in [6.45, 7) is 4.08. The van der Waals surface area contributed by atoms with Gasteiger partial charge in [0.05, 0.1) is 11.3 Å². The standard InChI is InChI=1S/C25H24N6O2/c1-25(2)13-21(32)30-19-12-15(8-9-18(19)25)29-24(33)17-7-5-11-27-23(17)31(3)20-14-28-22-16(20)6-4-10-26-22/h4-12,14H,13H2,1-3H3,(H,26,28)(H,29,33)(H,30,32). The van der Waals surface area contributed by atoms with Gasteiger partial charge in [0.2, 0.25) is 5.91 Å². The Hall–Kier alpha value is -4.20. The van der Waals surface area contributed by atoms with E-state index >= 15 is 0 Å². The summed E-state index contributed by atoms with van der Waals surface area (Å²) < 4.78 is 0. The molecule has 1 aliphatic rings. The SMILES string of the molecule is CN(c1ncccc1C(=O)Nc1ccc2c(c1)NC(=O)CC2(C)C)c1c[nH]c2ncccc12. The summed E-state index contributed by atoms with van der Waals surface area (Å²) in [6.07, 6.45) is 5.67. The lowest BCUT2D eigenvalue weighted by molar-refractivity contribution is -0.117. The first kappa shape index (κ1) is 20.7. The predicted molar refractivity (Wildman–Crippen MR) is 129 cm³/mol. The molecule has 1 aliphatic heterocycles. The molecule has 4 heterocycles. The average molecular weight is 441 g/mol. The summed E-state index contributed by atoms with van der Waals surface area (Å²) in [6, 6.07) is 12.9. The van der Waals surface area contributed by atoms with Crippen LogP contribution in [0.15, 0.2) is 61.1 Å². The fourth-order valence-electron chi connectivity index (χ4n) is 4.38. The van der Waals surface area contributed by atoms with Gasteiger partial charge in [0.15, 0.2) is 0 Å². The Balaban J connectivity index is 1.45. The molecule has 3 aromatic heterocycles. The monoisotopic (exact) mass is 440 g/mol. The minimum absolute atomic E-state index is 0.0274. The van der Waals surface area contributed by atoms with Crippen LogP contribution in [0.1, 0.15) is 36.2 Å². The highest BCUT2D eigenvalue weighted by molar-refractivity contribution is 6.09. The van der Waals surface area contributed by atoms with Crippen molar-refractivity contribution in [1.29, 1.82) is 0 Å². The van der Waals surface area contributed by atoms with Crippen molar-refractivity contribution in [2.45, 2.75) is 25.7 Å². The Morgan fingerprint density at radius 1 is 1.12 bits per heavy atom. The van der Waals surface area contributed by atoms with E-state index in [0.717, 1.165) is 28.0 Å². The van der Waals surface area contributed by atoms with Gasteiger partial charge in [-0.15, -0.1) is 0 Å². The van der Waals surface area contributed by atoms with E-state index < -0.39 is 0 Å². The van der Waals surface area contributed by atoms with Crippen LogP contribution in [0.4, 0.5) is 22.9 Å². The van der Waals surface area contributed by atoms with Crippen molar-refractivity contribution in [3.63, 3.8) is 0 Å². The molecule has 8 nitrogen and oxygen atoms in total. The summed E-state index contributed by atoms with van der Waals surface area (Å²) in [5.41, 5.74) is 4.18. The number of H-pyrrole nitrogens is 1. The Kier molecular flexibility index (Phi) is 4.85. The molecule has 33 heavy (non-hydrogen) atoms. The van der Waals surface area contributed by atoms with Crippen LogP contribution in [-0.4, -0.2) is 33.8 Å². The van der Waals surface area contributed by atoms with Gasteiger partial charge < -0.3 is 20.5 Å². The molecule has 0 aliphatic carbocycles. The third kappa shape index (κ3) is 3.69. The maximum Gasteiger partial charge on any atom is 0.259 e. The van der Waals surface area contributed by atoms with Gasteiger partial charge in [0, 0.05) is 54.2 Å². The molecule has 8 heteroatoms. The number of nitrogens with one attached hydrogen (secondary N) is 3. The number of fused-ring (bicyclic) bond motifs is 2. The van der Waals surface area contributed by atoms with E-state index in [2.05, 4.69) is 25.6 Å². The smallest absolute Gasteiger partial charge is 0.259 e. The molecule has 2 amide bonds. The van der Waals surface area contributed by atoms with Crippen LogP contribution in [0.3, 0.4) is 0 Å². The number of benzene rings is 1. The van der Waals surface area contributed by atoms with Crippen molar-refractivity contribution in [2.24, 2.45) is 0 Å². The van der Waals surface area contributed by atoms with Crippen LogP contribution in [0, 0.1) is 0 Å². The molecule has 0 saturated heterocycles. The molecule has 5 rings (SSSR count). The molecule has 0 atom stereocenters. The van der Waals surface area contributed by atoms with Crippen LogP contribution in [0.25, 0.3) is 11.0 Å². The Morgan fingerprint density at radius 3 is 2.76 bits per heavy atom. The maximum absolute atomic E-state index is 13.2. The topological polar surface area (TPSA) is 103 Å². The fraction of sp³-hybridized carbons (Fsp3) is 0.200. The zero-order valence-corrected chi connectivity index (χ0v) is 18.6. The Labute approximate surface area is 191 Å². The van der Waals surface area contributed by atoms with Crippen LogP contribution in [-0.2, 0) is 10.2 Å². The number of rotatable bonds is 4. The van der Waals surface area contributed by atoms with Crippen molar-refractivity contribution in [3.8, 4) is 0 Å². The van der Waals surface area contributed by atoms with Gasteiger partial charge in [-0.25, -0.2) is 9.97 Å². The third-order valence-electron chi connectivity index (χ3n) is 6.02. The Bertz CT molecular complexity index is 1390. The number of carbonyl (C=O) groups is 2. The van der Waals surface area contributed by atoms with Gasteiger partial charge in [-0.05, 0) is 42.0 Å². The predicted octanol–water partition coefficient (Wildman–Crippen LogP) is 4.60. The molecule has 4 aromatic rings. The molecule has 0 fully saturated rings. The zero-order chi connectivity index (χ0) is 23.2. The minimum atomic E-state index is -0.288. The molecule has 0 spiro atoms. The highest BCUT2D eigenvalue weighted by Crippen LogP contribution is 2.38. The summed E-state index contributed by atoms with van der Waals surface area (Å²) in [5.74, 6) is 0.205. The van der Waals surface area contributed by atoms with Gasteiger partial charge in [-0.2, -0.15) is 0 Å². The lowest BCUT2D eigenvalue weighted by atomic mass is 9.78. The molecule has 166 valence electrons. The van der Waals surface area contributed by atoms with Crippen LogP contribution >= 0.6 is 0 Å². The third-order valence-corrected chi connectivity index (χ3v) is 6.02. The van der Waals surface area contributed by atoms with Gasteiger partial charge in [-0.3, -0.25) is 9.59 Å². The van der Waals surface area contributed by atoms with Crippen molar-refractivity contribution in [2.75, 3.05) is 22.6 Å². The number of aromatic amines is 1. The first-order valence-electron chi connectivity index (χ1n) is 10.7. The van der Waals surface area contributed by atoms with E-state index in [9.17, 15) is 9.59 Å². The fourth-order valence-corrected chi connectivity index (χ4v) is 4.38. The highest BCUT2D eigenvalue weighted by atomic mass is 16.2. The molecular weight excluding hydrogens is 416 g/mol. The second kappa shape index (κ2) is 7.74. The van der Waals surface area contributed by atoms with Crippen LogP contribution < -0.4 is 15.5 Å². The summed E-state index contributed by atoms with van der Waals surface area (Å²) in [5, 5.41) is 6.80. The van der Waals surface area contributed by atoms with Gasteiger partial charge in [0.1, 0.15) is 11.5 Å². The van der Waals surface area contributed by atoms with Gasteiger partial charge >= 0.3 is 0 Å². The molecule has 0 unspecified atom stereocenters. The normalized spacial score (nSPS) is 14.5. The van der Waals surface area contributed by atoms with Crippen molar-refractivity contribution < 1.29 is 9.59 Å². The van der Waals surface area contributed by atoms with Gasteiger partial charge in [0.25, 0.3) is 5.91 Å². The minimum Gasteiger partial charge on any atom is -0.344 e. The number of anilines is 4. The first-order chi connectivity index (χ1) is 15.8. The number of aromatic nitrogens is 3. The second-order valence-corrected chi connectivity index (χ2v) is 8.83. The van der Waals surface area contributed by atoms with E-state index in [4.69, 9.17) is 0 Å². The molecule has 0 bridgehead atoms. The highest BCUT2D eigenvalue weighted by Gasteiger charge is 2.32. The second-order valence-electron chi connectivity index (χ2n) is 8.83. The van der Waals surface area contributed by atoms with Crippen molar-refractivity contribution >= 4 is 45.7 Å². The van der Waals surface area contributed by atoms with Crippen LogP contribution in [0.2, 0.25) is 0 Å². The zero-order valence-electron chi connectivity index (χ0n) is 18.6. The van der Waals surface area contributed by atoms with E-state index in [-0.39, 0.29) is 17.2 Å². The summed E-state index contributed by atoms with van der Waals surface area (Å²) in [4.78, 5) is 39.2. The number of nitrogens with zero attached hydrogens (tertiary/aromatic N) is 3. The summed E-state index contributed by atoms with van der Waals surface area (Å²) in [7, 11) is 1.87. The van der Waals surface area contributed by atoms with Crippen molar-refractivity contribution in [1.82, 2.24) is 15.0 Å². The van der Waals surface area contributed by atoms with Crippen LogP contribution in [0.5, 0.6) is 0 Å². The number of hydrogen-bond donors (Lipinski definition) is 3. The lowest BCUT2D eigenvalue weighted by Crippen LogP contribution is -2.32. The average Bonchev–Trinajstić information content (AvgIpc) is 3.22. The van der Waals surface area contributed by atoms with E-state index in [0.29, 0.717) is 23.5 Å². The Morgan fingerprint density at radius 2 is 1.91 bits per heavy atom. The molecule has 3 N–H and O–H groups in total. The molecule has 0 saturated carbocycles. The van der Waals surface area contributed by atoms with E-state index in [1.54, 1.807) is 30.6 Å². The van der Waals surface area contributed by atoms with Crippen molar-refractivity contribution in [3.05, 3.63) is 72.2 Å². The van der Waals surface area contributed by atoms with E-state index in [1.807, 2.05) is 56.3 Å². The first-order valence-corrected chi connectivity index (χ1v) is 10.7. The largest absolute Gasteiger partial charge is 0.344 e. The lowest BCUT2D eigenvalue weighted by Gasteiger charge is -2.32. The van der Waals surface area contributed by atoms with Gasteiger partial charge in [-0.1, -0.05) is 19.9 Å². The number of carbonyl (C=O) groups excluding carboxylic acids is 2. The molecule has 1 aromatic carbocycles.